The van der Waals surface area contributed by atoms with E-state index >= 15 is 0 Å². The number of amides is 1. The first kappa shape index (κ1) is 57.2. The fraction of sp³-hybridized carbons (Fsp3) is 0.980. The van der Waals surface area contributed by atoms with Gasteiger partial charge in [0, 0.05) is 6.42 Å². The zero-order valence-corrected chi connectivity index (χ0v) is 39.4. The van der Waals surface area contributed by atoms with Crippen LogP contribution in [0.25, 0.3) is 0 Å². The zero-order chi connectivity index (χ0) is 43.9. The highest BCUT2D eigenvalue weighted by atomic mass is 16.5. The highest BCUT2D eigenvalue weighted by Crippen LogP contribution is 2.26. The first-order valence-electron chi connectivity index (χ1n) is 26.2. The molecular weight excluding hydrogens is 755 g/mol. The Labute approximate surface area is 370 Å². The van der Waals surface area contributed by atoms with Crippen molar-refractivity contribution in [2.45, 2.75) is 313 Å². The van der Waals surface area contributed by atoms with Gasteiger partial charge in [0.25, 0.3) is 0 Å². The number of hydrogen-bond acceptors (Lipinski definition) is 8. The van der Waals surface area contributed by atoms with Gasteiger partial charge in [-0.25, -0.2) is 0 Å². The van der Waals surface area contributed by atoms with Crippen molar-refractivity contribution in [3.8, 4) is 0 Å². The van der Waals surface area contributed by atoms with Crippen LogP contribution in [0.2, 0.25) is 0 Å². The third-order valence-corrected chi connectivity index (χ3v) is 13.3. The molecule has 1 rings (SSSR count). The Bertz CT molecular complexity index is 924. The van der Waals surface area contributed by atoms with E-state index in [9.17, 15) is 35.4 Å². The number of rotatable bonds is 44. The lowest BCUT2D eigenvalue weighted by Crippen LogP contribution is -2.59. The van der Waals surface area contributed by atoms with Gasteiger partial charge in [-0.05, 0) is 25.7 Å². The second-order valence-corrected chi connectivity index (χ2v) is 18.9. The summed E-state index contributed by atoms with van der Waals surface area (Å²) in [6.07, 6.45) is 37.6. The van der Waals surface area contributed by atoms with Crippen molar-refractivity contribution < 1.29 is 40.2 Å². The van der Waals surface area contributed by atoms with Crippen LogP contribution in [0.4, 0.5) is 0 Å². The number of nitrogens with one attached hydrogen (secondary N) is 1. The molecular formula is C51H101NO8. The van der Waals surface area contributed by atoms with E-state index in [0.29, 0.717) is 12.8 Å². The summed E-state index contributed by atoms with van der Waals surface area (Å²) in [5, 5.41) is 65.8. The molecule has 9 nitrogen and oxygen atoms in total. The van der Waals surface area contributed by atoms with Crippen molar-refractivity contribution in [1.82, 2.24) is 5.32 Å². The van der Waals surface area contributed by atoms with Crippen LogP contribution in [-0.2, 0) is 9.53 Å². The summed E-state index contributed by atoms with van der Waals surface area (Å²) in [6.45, 7) is 4.02. The molecule has 1 saturated heterocycles. The summed E-state index contributed by atoms with van der Waals surface area (Å²) in [4.78, 5) is 13.1. The lowest BCUT2D eigenvalue weighted by molar-refractivity contribution is -0.231. The van der Waals surface area contributed by atoms with E-state index < -0.39 is 55.4 Å². The average molecular weight is 856 g/mol. The van der Waals surface area contributed by atoms with Crippen molar-refractivity contribution >= 4 is 5.91 Å². The number of aliphatic hydroxyl groups excluding tert-OH is 6. The summed E-state index contributed by atoms with van der Waals surface area (Å²) in [6, 6.07) is -0.762. The molecule has 7 N–H and O–H groups in total. The normalized spacial score (nSPS) is 21.0. The summed E-state index contributed by atoms with van der Waals surface area (Å²) in [5.41, 5.74) is 0. The molecule has 60 heavy (non-hydrogen) atoms. The predicted molar refractivity (Wildman–Crippen MR) is 249 cm³/mol. The van der Waals surface area contributed by atoms with Gasteiger partial charge in [0.2, 0.25) is 5.91 Å². The first-order valence-corrected chi connectivity index (χ1v) is 26.2. The van der Waals surface area contributed by atoms with E-state index in [0.717, 1.165) is 38.5 Å². The van der Waals surface area contributed by atoms with Crippen LogP contribution >= 0.6 is 0 Å². The van der Waals surface area contributed by atoms with Crippen LogP contribution in [0.5, 0.6) is 0 Å². The van der Waals surface area contributed by atoms with E-state index in [1.54, 1.807) is 0 Å². The van der Waals surface area contributed by atoms with Gasteiger partial charge in [-0.2, -0.15) is 0 Å². The third-order valence-electron chi connectivity index (χ3n) is 13.3. The SMILES string of the molecule is CCCCCCCCCCCCCCCCCCCCCCCCCC(=O)NC(CC[C@H]1OC(CO)[C@H](O)C(O)C1O)C(O)C(O)CCCCCCCCCCCCCC. The monoisotopic (exact) mass is 856 g/mol. The Morgan fingerprint density at radius 3 is 1.17 bits per heavy atom. The molecule has 9 heteroatoms. The molecule has 0 aromatic carbocycles. The molecule has 0 aliphatic carbocycles. The van der Waals surface area contributed by atoms with Crippen LogP contribution in [0.1, 0.15) is 264 Å². The molecule has 358 valence electrons. The molecule has 0 saturated carbocycles. The zero-order valence-electron chi connectivity index (χ0n) is 39.4. The second kappa shape index (κ2) is 40.9. The molecule has 0 spiro atoms. The largest absolute Gasteiger partial charge is 0.394 e. The summed E-state index contributed by atoms with van der Waals surface area (Å²) in [5.74, 6) is -0.172. The van der Waals surface area contributed by atoms with Crippen LogP contribution < -0.4 is 5.32 Å². The van der Waals surface area contributed by atoms with Gasteiger partial charge in [0.05, 0.1) is 31.0 Å². The Morgan fingerprint density at radius 1 is 0.467 bits per heavy atom. The molecule has 1 amide bonds. The molecule has 1 heterocycles. The predicted octanol–water partition coefficient (Wildman–Crippen LogP) is 11.3. The fourth-order valence-electron chi connectivity index (χ4n) is 9.07. The Balaban J connectivity index is 2.26. The van der Waals surface area contributed by atoms with Gasteiger partial charge in [0.15, 0.2) is 0 Å². The molecule has 1 fully saturated rings. The van der Waals surface area contributed by atoms with Gasteiger partial charge >= 0.3 is 0 Å². The molecule has 0 bridgehead atoms. The number of aliphatic hydroxyl groups is 6. The minimum Gasteiger partial charge on any atom is -0.394 e. The van der Waals surface area contributed by atoms with E-state index in [-0.39, 0.29) is 18.7 Å². The smallest absolute Gasteiger partial charge is 0.220 e. The van der Waals surface area contributed by atoms with Crippen molar-refractivity contribution in [2.75, 3.05) is 6.61 Å². The van der Waals surface area contributed by atoms with Crippen molar-refractivity contribution in [3.05, 3.63) is 0 Å². The number of hydrogen-bond donors (Lipinski definition) is 7. The quantitative estimate of drug-likeness (QED) is 0.0298. The lowest BCUT2D eigenvalue weighted by Gasteiger charge is -2.40. The summed E-state index contributed by atoms with van der Waals surface area (Å²) < 4.78 is 5.69. The maximum absolute atomic E-state index is 13.1. The molecule has 0 radical (unpaired) electrons. The highest BCUT2D eigenvalue weighted by Gasteiger charge is 2.43. The van der Waals surface area contributed by atoms with Crippen LogP contribution in [0.15, 0.2) is 0 Å². The molecule has 1 aliphatic rings. The fourth-order valence-corrected chi connectivity index (χ4v) is 9.07. The van der Waals surface area contributed by atoms with Crippen molar-refractivity contribution in [1.29, 1.82) is 0 Å². The van der Waals surface area contributed by atoms with Gasteiger partial charge in [0.1, 0.15) is 24.4 Å². The van der Waals surface area contributed by atoms with Crippen LogP contribution in [-0.4, -0.2) is 91.9 Å². The Kier molecular flexibility index (Phi) is 39.0. The molecule has 8 atom stereocenters. The molecule has 1 aliphatic heterocycles. The number of carbonyl (C=O) groups is 1. The molecule has 0 aromatic heterocycles. The topological polar surface area (TPSA) is 160 Å². The van der Waals surface area contributed by atoms with Gasteiger partial charge in [-0.3, -0.25) is 4.79 Å². The van der Waals surface area contributed by atoms with E-state index in [1.165, 1.54) is 186 Å². The summed E-state index contributed by atoms with van der Waals surface area (Å²) in [7, 11) is 0. The Hall–Kier alpha value is -0.810. The molecule has 0 aromatic rings. The number of carbonyl (C=O) groups excluding carboxylic acids is 1. The Morgan fingerprint density at radius 2 is 0.800 bits per heavy atom. The first-order chi connectivity index (χ1) is 29.3. The minimum absolute atomic E-state index is 0.161. The maximum atomic E-state index is 13.1. The summed E-state index contributed by atoms with van der Waals surface area (Å²) >= 11 is 0. The number of unbranched alkanes of at least 4 members (excludes halogenated alkanes) is 33. The van der Waals surface area contributed by atoms with Gasteiger partial charge < -0.3 is 40.7 Å². The van der Waals surface area contributed by atoms with E-state index in [4.69, 9.17) is 4.74 Å². The maximum Gasteiger partial charge on any atom is 0.220 e. The number of ether oxygens (including phenoxy) is 1. The van der Waals surface area contributed by atoms with E-state index in [1.807, 2.05) is 0 Å². The molecule has 6 unspecified atom stereocenters. The van der Waals surface area contributed by atoms with Gasteiger partial charge in [-0.15, -0.1) is 0 Å². The minimum atomic E-state index is -1.48. The van der Waals surface area contributed by atoms with Crippen LogP contribution in [0, 0.1) is 0 Å². The van der Waals surface area contributed by atoms with Crippen LogP contribution in [0.3, 0.4) is 0 Å². The average Bonchev–Trinajstić information content (AvgIpc) is 3.25. The van der Waals surface area contributed by atoms with Gasteiger partial charge in [-0.1, -0.05) is 232 Å². The highest BCUT2D eigenvalue weighted by molar-refractivity contribution is 5.76. The van der Waals surface area contributed by atoms with E-state index in [2.05, 4.69) is 19.2 Å². The standard InChI is InChI=1S/C51H101NO8/c1-3-5-7-9-11-13-15-17-18-19-20-21-22-23-24-25-26-27-29-31-33-35-37-39-47(55)52-43(40-41-45-49(57)51(59)50(58)46(42-53)60-45)48(56)44(54)38-36-34-32-30-28-16-14-12-10-8-6-4-2/h43-46,48-51,53-54,56-59H,3-42H2,1-2H3,(H,52,55)/t43?,44?,45-,46?,48?,49?,50+,51?/m1/s1. The van der Waals surface area contributed by atoms with Crippen molar-refractivity contribution in [2.24, 2.45) is 0 Å². The second-order valence-electron chi connectivity index (χ2n) is 18.9. The lowest BCUT2D eigenvalue weighted by atomic mass is 9.90. The van der Waals surface area contributed by atoms with Crippen molar-refractivity contribution in [3.63, 3.8) is 0 Å². The third kappa shape index (κ3) is 30.3.